The second-order valence-electron chi connectivity index (χ2n) is 4.19. The molecule has 0 heterocycles. The molecule has 0 aliphatic heterocycles. The van der Waals surface area contributed by atoms with Crippen LogP contribution in [-0.4, -0.2) is 0 Å². The lowest BCUT2D eigenvalue weighted by molar-refractivity contribution is 0.758. The van der Waals surface area contributed by atoms with Gasteiger partial charge in [0.05, 0.1) is 0 Å². The second kappa shape index (κ2) is 5.57. The summed E-state index contributed by atoms with van der Waals surface area (Å²) in [5.74, 6) is 0.398. The maximum absolute atomic E-state index is 5.98. The third-order valence-corrected chi connectivity index (χ3v) is 3.26. The van der Waals surface area contributed by atoms with Gasteiger partial charge in [-0.1, -0.05) is 48.3 Å². The molecule has 0 nitrogen and oxygen atoms in total. The quantitative estimate of drug-likeness (QED) is 0.720. The van der Waals surface area contributed by atoms with E-state index < -0.39 is 0 Å². The van der Waals surface area contributed by atoms with E-state index in [4.69, 9.17) is 23.2 Å². The van der Waals surface area contributed by atoms with Crippen molar-refractivity contribution >= 4 is 23.2 Å². The van der Waals surface area contributed by atoms with E-state index in [0.717, 1.165) is 22.0 Å². The second-order valence-corrected chi connectivity index (χ2v) is 5.07. The summed E-state index contributed by atoms with van der Waals surface area (Å²) in [5.41, 5.74) is 2.42. The van der Waals surface area contributed by atoms with Crippen molar-refractivity contribution < 1.29 is 0 Å². The zero-order valence-corrected chi connectivity index (χ0v) is 11.1. The van der Waals surface area contributed by atoms with Gasteiger partial charge in [-0.25, -0.2) is 0 Å². The predicted octanol–water partition coefficient (Wildman–Crippen LogP) is 5.14. The Balaban J connectivity index is 2.11. The normalized spacial score (nSPS) is 12.4. The van der Waals surface area contributed by atoms with Crippen LogP contribution < -0.4 is 0 Å². The Hall–Kier alpha value is -0.980. The molecule has 0 spiro atoms. The number of halogens is 2. The number of hydrogen-bond acceptors (Lipinski definition) is 0. The minimum absolute atomic E-state index is 0.398. The molecule has 0 aliphatic rings. The van der Waals surface area contributed by atoms with Crippen molar-refractivity contribution in [3.05, 3.63) is 69.7 Å². The smallest absolute Gasteiger partial charge is 0.0409 e. The van der Waals surface area contributed by atoms with Gasteiger partial charge in [-0.05, 0) is 53.8 Å². The van der Waals surface area contributed by atoms with Crippen molar-refractivity contribution in [2.45, 2.75) is 19.3 Å². The molecule has 0 saturated heterocycles. The van der Waals surface area contributed by atoms with Gasteiger partial charge in [-0.15, -0.1) is 0 Å². The van der Waals surface area contributed by atoms with E-state index in [0.29, 0.717) is 5.92 Å². The van der Waals surface area contributed by atoms with Crippen molar-refractivity contribution in [2.75, 3.05) is 0 Å². The molecule has 0 fully saturated rings. The summed E-state index contributed by atoms with van der Waals surface area (Å²) in [7, 11) is 0. The maximum Gasteiger partial charge on any atom is 0.0409 e. The largest absolute Gasteiger partial charge is 0.0843 e. The summed E-state index contributed by atoms with van der Waals surface area (Å²) < 4.78 is 0. The fraction of sp³-hybridized carbons (Fsp3) is 0.200. The van der Waals surface area contributed by atoms with Gasteiger partial charge < -0.3 is 0 Å². The van der Waals surface area contributed by atoms with Crippen molar-refractivity contribution in [2.24, 2.45) is 0 Å². The van der Waals surface area contributed by atoms with E-state index in [1.165, 1.54) is 5.56 Å². The van der Waals surface area contributed by atoms with Gasteiger partial charge in [-0.2, -0.15) is 0 Å². The van der Waals surface area contributed by atoms with Gasteiger partial charge in [0.1, 0.15) is 0 Å². The molecule has 1 radical (unpaired) electrons. The molecular formula is C15H13Cl2. The molecule has 0 N–H and O–H groups in total. The van der Waals surface area contributed by atoms with Crippen molar-refractivity contribution in [3.63, 3.8) is 0 Å². The molecule has 1 atom stereocenters. The number of benzene rings is 2. The SMILES string of the molecule is CC(Cc1ccc(Cl)cc1)c1[c]ccc(Cl)c1. The van der Waals surface area contributed by atoms with Crippen molar-refractivity contribution in [1.29, 1.82) is 0 Å². The Morgan fingerprint density at radius 1 is 1.06 bits per heavy atom. The Morgan fingerprint density at radius 2 is 1.76 bits per heavy atom. The first kappa shape index (κ1) is 12.5. The van der Waals surface area contributed by atoms with Crippen LogP contribution in [0.3, 0.4) is 0 Å². The molecule has 17 heavy (non-hydrogen) atoms. The van der Waals surface area contributed by atoms with Crippen LogP contribution in [0.25, 0.3) is 0 Å². The zero-order valence-electron chi connectivity index (χ0n) is 9.58. The van der Waals surface area contributed by atoms with Gasteiger partial charge in [0, 0.05) is 10.0 Å². The van der Waals surface area contributed by atoms with E-state index in [9.17, 15) is 0 Å². The lowest BCUT2D eigenvalue weighted by Gasteiger charge is -2.12. The minimum atomic E-state index is 0.398. The highest BCUT2D eigenvalue weighted by molar-refractivity contribution is 6.30. The number of hydrogen-bond donors (Lipinski definition) is 0. The molecule has 2 heteroatoms. The summed E-state index contributed by atoms with van der Waals surface area (Å²) in [6.07, 6.45) is 0.966. The Labute approximate surface area is 112 Å². The lowest BCUT2D eigenvalue weighted by Crippen LogP contribution is -1.98. The van der Waals surface area contributed by atoms with Crippen LogP contribution >= 0.6 is 23.2 Å². The van der Waals surface area contributed by atoms with Gasteiger partial charge in [0.2, 0.25) is 0 Å². The van der Waals surface area contributed by atoms with E-state index >= 15 is 0 Å². The van der Waals surface area contributed by atoms with Gasteiger partial charge >= 0.3 is 0 Å². The minimum Gasteiger partial charge on any atom is -0.0843 e. The maximum atomic E-state index is 5.98. The summed E-state index contributed by atoms with van der Waals surface area (Å²) >= 11 is 11.8. The predicted molar refractivity (Wildman–Crippen MR) is 73.9 cm³/mol. The Kier molecular flexibility index (Phi) is 4.09. The average Bonchev–Trinajstić information content (AvgIpc) is 2.32. The average molecular weight is 264 g/mol. The molecule has 0 bridgehead atoms. The molecule has 0 aromatic heterocycles. The highest BCUT2D eigenvalue weighted by atomic mass is 35.5. The summed E-state index contributed by atoms with van der Waals surface area (Å²) in [4.78, 5) is 0. The summed E-state index contributed by atoms with van der Waals surface area (Å²) in [6.45, 7) is 2.18. The van der Waals surface area contributed by atoms with Crippen LogP contribution in [0.15, 0.2) is 42.5 Å². The highest BCUT2D eigenvalue weighted by Gasteiger charge is 2.07. The van der Waals surface area contributed by atoms with Crippen LogP contribution in [0, 0.1) is 6.07 Å². The Bertz CT molecular complexity index is 489. The summed E-state index contributed by atoms with van der Waals surface area (Å²) in [5, 5.41) is 1.54. The van der Waals surface area contributed by atoms with Gasteiger partial charge in [0.25, 0.3) is 0 Å². The lowest BCUT2D eigenvalue weighted by atomic mass is 9.94. The van der Waals surface area contributed by atoms with Crippen LogP contribution in [0.2, 0.25) is 10.0 Å². The molecule has 2 aromatic carbocycles. The molecule has 1 unspecified atom stereocenters. The van der Waals surface area contributed by atoms with E-state index in [-0.39, 0.29) is 0 Å². The standard InChI is InChI=1S/C15H13Cl2/c1-11(13-3-2-4-15(17)10-13)9-12-5-7-14(16)8-6-12/h2,4-8,10-11H,9H2,1H3. The highest BCUT2D eigenvalue weighted by Crippen LogP contribution is 2.23. The van der Waals surface area contributed by atoms with Crippen molar-refractivity contribution in [1.82, 2.24) is 0 Å². The van der Waals surface area contributed by atoms with E-state index in [2.05, 4.69) is 25.1 Å². The third-order valence-electron chi connectivity index (χ3n) is 2.77. The molecule has 2 aromatic rings. The van der Waals surface area contributed by atoms with Crippen LogP contribution in [0.1, 0.15) is 24.0 Å². The van der Waals surface area contributed by atoms with Crippen molar-refractivity contribution in [3.8, 4) is 0 Å². The number of rotatable bonds is 3. The summed E-state index contributed by atoms with van der Waals surface area (Å²) in [6, 6.07) is 16.9. The third kappa shape index (κ3) is 3.49. The monoisotopic (exact) mass is 263 g/mol. The first-order chi connectivity index (χ1) is 8.15. The van der Waals surface area contributed by atoms with Crippen LogP contribution in [0.5, 0.6) is 0 Å². The molecule has 0 aliphatic carbocycles. The van der Waals surface area contributed by atoms with Gasteiger partial charge in [-0.3, -0.25) is 0 Å². The molecule has 87 valence electrons. The molecule has 2 rings (SSSR count). The van der Waals surface area contributed by atoms with Crippen LogP contribution in [0.4, 0.5) is 0 Å². The van der Waals surface area contributed by atoms with Crippen LogP contribution in [-0.2, 0) is 6.42 Å². The topological polar surface area (TPSA) is 0 Å². The Morgan fingerprint density at radius 3 is 2.41 bits per heavy atom. The fourth-order valence-electron chi connectivity index (χ4n) is 1.82. The molecule has 0 amide bonds. The van der Waals surface area contributed by atoms with Gasteiger partial charge in [0.15, 0.2) is 0 Å². The van der Waals surface area contributed by atoms with E-state index in [1.807, 2.05) is 30.3 Å². The zero-order chi connectivity index (χ0) is 12.3. The first-order valence-electron chi connectivity index (χ1n) is 5.57. The molecule has 0 saturated carbocycles. The fourth-order valence-corrected chi connectivity index (χ4v) is 2.13. The van der Waals surface area contributed by atoms with E-state index in [1.54, 1.807) is 0 Å². The first-order valence-corrected chi connectivity index (χ1v) is 6.32. The molecular weight excluding hydrogens is 251 g/mol.